The molecule has 0 fully saturated rings. The van der Waals surface area contributed by atoms with Crippen molar-refractivity contribution in [3.8, 4) is 0 Å². The maximum absolute atomic E-state index is 13.1. The summed E-state index contributed by atoms with van der Waals surface area (Å²) in [6, 6.07) is 16.1. The molecule has 0 bridgehead atoms. The number of furan rings is 1. The number of hydrogen-bond acceptors (Lipinski definition) is 5. The Bertz CT molecular complexity index is 1210. The lowest BCUT2D eigenvalue weighted by Crippen LogP contribution is -2.47. The van der Waals surface area contributed by atoms with E-state index in [1.54, 1.807) is 18.2 Å². The molecule has 0 radical (unpaired) electrons. The van der Waals surface area contributed by atoms with E-state index in [1.165, 1.54) is 18.4 Å². The van der Waals surface area contributed by atoms with Gasteiger partial charge < -0.3 is 15.1 Å². The second-order valence-electron chi connectivity index (χ2n) is 7.53. The Labute approximate surface area is 186 Å². The third-order valence-electron chi connectivity index (χ3n) is 5.20. The number of benzene rings is 2. The Hall–Kier alpha value is -3.43. The van der Waals surface area contributed by atoms with Crippen LogP contribution in [-0.2, 0) is 39.0 Å². The molecule has 32 heavy (non-hydrogen) atoms. The van der Waals surface area contributed by atoms with Gasteiger partial charge in [0.05, 0.1) is 17.7 Å². The van der Waals surface area contributed by atoms with Crippen molar-refractivity contribution >= 4 is 27.5 Å². The van der Waals surface area contributed by atoms with Crippen LogP contribution in [0.25, 0.3) is 0 Å². The average molecular weight is 454 g/mol. The first-order valence-electron chi connectivity index (χ1n) is 10.2. The third kappa shape index (κ3) is 5.24. The van der Waals surface area contributed by atoms with E-state index in [4.69, 9.17) is 4.42 Å². The smallest absolute Gasteiger partial charge is 0.241 e. The van der Waals surface area contributed by atoms with Crippen molar-refractivity contribution < 1.29 is 22.4 Å². The molecule has 166 valence electrons. The van der Waals surface area contributed by atoms with Crippen molar-refractivity contribution in [2.75, 3.05) is 5.32 Å². The highest BCUT2D eigenvalue weighted by atomic mass is 32.2. The summed E-state index contributed by atoms with van der Waals surface area (Å²) >= 11 is 0. The van der Waals surface area contributed by atoms with Crippen molar-refractivity contribution in [3.05, 3.63) is 83.8 Å². The molecule has 1 aliphatic heterocycles. The van der Waals surface area contributed by atoms with E-state index < -0.39 is 22.0 Å². The van der Waals surface area contributed by atoms with Gasteiger partial charge in [-0.2, -0.15) is 4.72 Å². The van der Waals surface area contributed by atoms with Gasteiger partial charge in [0.15, 0.2) is 0 Å². The Morgan fingerprint density at radius 2 is 1.88 bits per heavy atom. The third-order valence-corrected chi connectivity index (χ3v) is 6.67. The average Bonchev–Trinajstić information content (AvgIpc) is 3.31. The van der Waals surface area contributed by atoms with Gasteiger partial charge in [0.2, 0.25) is 21.8 Å². The van der Waals surface area contributed by atoms with E-state index >= 15 is 0 Å². The molecule has 9 heteroatoms. The van der Waals surface area contributed by atoms with Crippen molar-refractivity contribution in [3.63, 3.8) is 0 Å². The van der Waals surface area contributed by atoms with E-state index in [-0.39, 0.29) is 23.8 Å². The largest absolute Gasteiger partial charge is 0.467 e. The predicted octanol–water partition coefficient (Wildman–Crippen LogP) is 2.37. The maximum Gasteiger partial charge on any atom is 0.241 e. The zero-order valence-corrected chi connectivity index (χ0v) is 18.0. The molecule has 1 atom stereocenters. The Kier molecular flexibility index (Phi) is 6.38. The first-order valence-corrected chi connectivity index (χ1v) is 11.7. The lowest BCUT2D eigenvalue weighted by atomic mass is 10.0. The summed E-state index contributed by atoms with van der Waals surface area (Å²) in [4.78, 5) is 24.5. The number of sulfonamides is 1. The van der Waals surface area contributed by atoms with Gasteiger partial charge in [0.1, 0.15) is 11.8 Å². The van der Waals surface area contributed by atoms with Crippen LogP contribution >= 0.6 is 0 Å². The summed E-state index contributed by atoms with van der Waals surface area (Å²) in [5, 5.41) is 5.46. The second kappa shape index (κ2) is 9.37. The first-order chi connectivity index (χ1) is 15.4. The lowest BCUT2D eigenvalue weighted by molar-refractivity contribution is -0.123. The van der Waals surface area contributed by atoms with Gasteiger partial charge in [0.25, 0.3) is 0 Å². The van der Waals surface area contributed by atoms with Gasteiger partial charge in [-0.25, -0.2) is 8.42 Å². The monoisotopic (exact) mass is 453 g/mol. The fraction of sp³-hybridized carbons (Fsp3) is 0.217. The highest BCUT2D eigenvalue weighted by molar-refractivity contribution is 7.89. The molecule has 4 rings (SSSR count). The van der Waals surface area contributed by atoms with Crippen LogP contribution < -0.4 is 15.4 Å². The van der Waals surface area contributed by atoms with E-state index in [9.17, 15) is 18.0 Å². The predicted molar refractivity (Wildman–Crippen MR) is 118 cm³/mol. The number of carbonyl (C=O) groups excluding carboxylic acids is 2. The minimum absolute atomic E-state index is 0.0456. The minimum atomic E-state index is -3.99. The highest BCUT2D eigenvalue weighted by Crippen LogP contribution is 2.25. The van der Waals surface area contributed by atoms with Crippen molar-refractivity contribution in [1.29, 1.82) is 0 Å². The molecule has 2 heterocycles. The molecule has 0 saturated heterocycles. The van der Waals surface area contributed by atoms with E-state index in [0.717, 1.165) is 11.1 Å². The fourth-order valence-electron chi connectivity index (χ4n) is 3.53. The summed E-state index contributed by atoms with van der Waals surface area (Å²) in [7, 11) is -3.99. The summed E-state index contributed by atoms with van der Waals surface area (Å²) in [5.74, 6) is 0.0119. The molecule has 2 aromatic carbocycles. The molecule has 1 aromatic heterocycles. The summed E-state index contributed by atoms with van der Waals surface area (Å²) in [6.45, 7) is 0.150. The SMILES string of the molecule is O=C1CCc2cc(S(=O)(=O)N[C@@H](Cc3ccccc3)C(=O)NCc3ccco3)ccc2N1. The first kappa shape index (κ1) is 21.8. The standard InChI is InChI=1S/C23H23N3O5S/c27-22-11-8-17-14-19(9-10-20(17)25-22)32(29,30)26-21(13-16-5-2-1-3-6-16)23(28)24-15-18-7-4-12-31-18/h1-7,9-10,12,14,21,26H,8,11,13,15H2,(H,24,28)(H,25,27)/t21-/m0/s1. The molecule has 0 unspecified atom stereocenters. The van der Waals surface area contributed by atoms with Crippen molar-refractivity contribution in [1.82, 2.24) is 10.0 Å². The highest BCUT2D eigenvalue weighted by Gasteiger charge is 2.27. The Morgan fingerprint density at radius 1 is 1.06 bits per heavy atom. The number of anilines is 1. The van der Waals surface area contributed by atoms with Crippen LogP contribution in [0, 0.1) is 0 Å². The number of amides is 2. The number of rotatable bonds is 8. The molecule has 0 spiro atoms. The van der Waals surface area contributed by atoms with Gasteiger partial charge in [0, 0.05) is 12.1 Å². The molecule has 0 saturated carbocycles. The van der Waals surface area contributed by atoms with Crippen LogP contribution in [-0.4, -0.2) is 26.3 Å². The second-order valence-corrected chi connectivity index (χ2v) is 9.24. The van der Waals surface area contributed by atoms with Crippen molar-refractivity contribution in [2.45, 2.75) is 36.7 Å². The van der Waals surface area contributed by atoms with E-state index in [2.05, 4.69) is 15.4 Å². The molecule has 0 aliphatic carbocycles. The summed E-state index contributed by atoms with van der Waals surface area (Å²) in [6.07, 6.45) is 2.45. The van der Waals surface area contributed by atoms with Crippen LogP contribution in [0.3, 0.4) is 0 Å². The van der Waals surface area contributed by atoms with Crippen LogP contribution in [0.15, 0.2) is 76.2 Å². The van der Waals surface area contributed by atoms with Crippen LogP contribution in [0.1, 0.15) is 23.3 Å². The molecule has 3 N–H and O–H groups in total. The molecule has 2 amide bonds. The number of fused-ring (bicyclic) bond motifs is 1. The quantitative estimate of drug-likeness (QED) is 0.484. The van der Waals surface area contributed by atoms with Gasteiger partial charge in [-0.05, 0) is 54.3 Å². The minimum Gasteiger partial charge on any atom is -0.467 e. The zero-order valence-electron chi connectivity index (χ0n) is 17.2. The molecular formula is C23H23N3O5S. The van der Waals surface area contributed by atoms with Gasteiger partial charge >= 0.3 is 0 Å². The number of aryl methyl sites for hydroxylation is 1. The Morgan fingerprint density at radius 3 is 2.62 bits per heavy atom. The zero-order chi connectivity index (χ0) is 22.6. The maximum atomic E-state index is 13.1. The van der Waals surface area contributed by atoms with Crippen LogP contribution in [0.5, 0.6) is 0 Å². The van der Waals surface area contributed by atoms with E-state index in [0.29, 0.717) is 24.3 Å². The molecule has 3 aromatic rings. The normalized spacial score (nSPS) is 14.3. The fourth-order valence-corrected chi connectivity index (χ4v) is 4.78. The lowest BCUT2D eigenvalue weighted by Gasteiger charge is -2.20. The van der Waals surface area contributed by atoms with Crippen molar-refractivity contribution in [2.24, 2.45) is 0 Å². The van der Waals surface area contributed by atoms with E-state index in [1.807, 2.05) is 30.3 Å². The summed E-state index contributed by atoms with van der Waals surface area (Å²) in [5.41, 5.74) is 2.17. The Balaban J connectivity index is 1.54. The number of hydrogen-bond donors (Lipinski definition) is 3. The van der Waals surface area contributed by atoms with Gasteiger partial charge in [-0.3, -0.25) is 9.59 Å². The van der Waals surface area contributed by atoms with Crippen LogP contribution in [0.4, 0.5) is 5.69 Å². The van der Waals surface area contributed by atoms with Gasteiger partial charge in [-0.15, -0.1) is 0 Å². The van der Waals surface area contributed by atoms with Crippen LogP contribution in [0.2, 0.25) is 0 Å². The number of carbonyl (C=O) groups is 2. The molecule has 1 aliphatic rings. The topological polar surface area (TPSA) is 118 Å². The number of nitrogens with one attached hydrogen (secondary N) is 3. The molecular weight excluding hydrogens is 430 g/mol. The van der Waals surface area contributed by atoms with Gasteiger partial charge in [-0.1, -0.05) is 30.3 Å². The molecule has 8 nitrogen and oxygen atoms in total. The summed E-state index contributed by atoms with van der Waals surface area (Å²) < 4.78 is 34.0.